The van der Waals surface area contributed by atoms with Crippen LogP contribution in [0.5, 0.6) is 0 Å². The van der Waals surface area contributed by atoms with Gasteiger partial charge in [-0.3, -0.25) is 0 Å². The average Bonchev–Trinajstić information content (AvgIpc) is 3.82. The van der Waals surface area contributed by atoms with Crippen LogP contribution in [0.1, 0.15) is 11.1 Å². The molecule has 0 atom stereocenters. The Morgan fingerprint density at radius 3 is 1.52 bits per heavy atom. The molecule has 0 aliphatic carbocycles. The van der Waals surface area contributed by atoms with Gasteiger partial charge in [0, 0.05) is 49.6 Å². The highest BCUT2D eigenvalue weighted by atomic mass is 15.0. The first-order valence-corrected chi connectivity index (χ1v) is 19.8. The second-order valence-corrected chi connectivity index (χ2v) is 14.8. The summed E-state index contributed by atoms with van der Waals surface area (Å²) in [5.41, 5.74) is 12.5. The third-order valence-corrected chi connectivity index (χ3v) is 11.4. The molecule has 0 saturated carbocycles. The standard InChI is InChI=1S/C54H32N6/c55-33-39-29-38(53-47(34-56)52(35-15-5-1-6-16-35)57-54(58-53)36-17-7-2-8-18-36)25-27-42(39)37-26-28-49-44(30-37)46-31-45-43-23-13-14-24-48(43)59(40-19-9-3-10-20-40)50(45)32-51(46)60(49)41-21-11-4-12-22-41/h1-32H. The Bertz CT molecular complexity index is 3540. The first-order chi connectivity index (χ1) is 29.7. The van der Waals surface area contributed by atoms with Crippen LogP contribution in [0.25, 0.3) is 100 Å². The van der Waals surface area contributed by atoms with Crippen molar-refractivity contribution in [3.05, 3.63) is 205 Å². The molecule has 8 aromatic carbocycles. The molecule has 0 unspecified atom stereocenters. The highest BCUT2D eigenvalue weighted by Crippen LogP contribution is 2.42. The Morgan fingerprint density at radius 1 is 0.367 bits per heavy atom. The minimum atomic E-state index is 0.354. The van der Waals surface area contributed by atoms with Crippen molar-refractivity contribution in [2.75, 3.05) is 0 Å². The molecule has 3 heterocycles. The van der Waals surface area contributed by atoms with Crippen molar-refractivity contribution in [1.29, 1.82) is 10.5 Å². The first kappa shape index (κ1) is 34.7. The normalized spacial score (nSPS) is 11.3. The van der Waals surface area contributed by atoms with Gasteiger partial charge in [0.25, 0.3) is 0 Å². The van der Waals surface area contributed by atoms with E-state index in [9.17, 15) is 10.5 Å². The molecule has 3 aromatic heterocycles. The highest BCUT2D eigenvalue weighted by Gasteiger charge is 2.22. The maximum absolute atomic E-state index is 10.7. The Morgan fingerprint density at radius 2 is 0.883 bits per heavy atom. The summed E-state index contributed by atoms with van der Waals surface area (Å²) in [5, 5.41) is 25.9. The number of hydrogen-bond acceptors (Lipinski definition) is 4. The smallest absolute Gasteiger partial charge is 0.160 e. The van der Waals surface area contributed by atoms with Crippen LogP contribution in [0, 0.1) is 22.7 Å². The molecule has 278 valence electrons. The Balaban J connectivity index is 1.12. The summed E-state index contributed by atoms with van der Waals surface area (Å²) < 4.78 is 4.69. The number of fused-ring (bicyclic) bond motifs is 6. The Labute approximate surface area is 345 Å². The molecule has 0 spiro atoms. The van der Waals surface area contributed by atoms with Crippen LogP contribution in [0.15, 0.2) is 194 Å². The Kier molecular flexibility index (Phi) is 8.15. The zero-order chi connectivity index (χ0) is 40.2. The van der Waals surface area contributed by atoms with E-state index in [2.05, 4.69) is 130 Å². The van der Waals surface area contributed by atoms with E-state index >= 15 is 0 Å². The summed E-state index contributed by atoms with van der Waals surface area (Å²) in [4.78, 5) is 9.88. The van der Waals surface area contributed by atoms with Crippen molar-refractivity contribution >= 4 is 43.6 Å². The summed E-state index contributed by atoms with van der Waals surface area (Å²) in [6.07, 6.45) is 0. The van der Waals surface area contributed by atoms with E-state index in [1.54, 1.807) is 0 Å². The van der Waals surface area contributed by atoms with E-state index < -0.39 is 0 Å². The van der Waals surface area contributed by atoms with Crippen molar-refractivity contribution in [1.82, 2.24) is 19.1 Å². The van der Waals surface area contributed by atoms with Crippen LogP contribution in [0.3, 0.4) is 0 Å². The van der Waals surface area contributed by atoms with Crippen molar-refractivity contribution in [3.8, 4) is 68.5 Å². The molecule has 11 aromatic rings. The summed E-state index contributed by atoms with van der Waals surface area (Å²) in [6.45, 7) is 0. The lowest BCUT2D eigenvalue weighted by molar-refractivity contribution is 1.16. The fraction of sp³-hybridized carbons (Fsp3) is 0. The van der Waals surface area contributed by atoms with E-state index in [0.29, 0.717) is 33.9 Å². The SMILES string of the molecule is N#Cc1cc(-c2nc(-c3ccccc3)nc(-c3ccccc3)c2C#N)ccc1-c1ccc2c(c1)c1cc3c4ccccc4n(-c4ccccc4)c3cc1n2-c1ccccc1. The number of hydrogen-bond donors (Lipinski definition) is 0. The zero-order valence-corrected chi connectivity index (χ0v) is 32.2. The molecule has 0 bridgehead atoms. The lowest BCUT2D eigenvalue weighted by Crippen LogP contribution is -2.01. The zero-order valence-electron chi connectivity index (χ0n) is 32.2. The van der Waals surface area contributed by atoms with Gasteiger partial charge in [0.05, 0.1) is 45.1 Å². The van der Waals surface area contributed by atoms with Gasteiger partial charge in [-0.1, -0.05) is 133 Å². The van der Waals surface area contributed by atoms with Gasteiger partial charge >= 0.3 is 0 Å². The monoisotopic (exact) mass is 764 g/mol. The molecule has 0 radical (unpaired) electrons. The lowest BCUT2D eigenvalue weighted by Gasteiger charge is -2.13. The van der Waals surface area contributed by atoms with Gasteiger partial charge in [-0.15, -0.1) is 0 Å². The van der Waals surface area contributed by atoms with Gasteiger partial charge in [0.15, 0.2) is 5.82 Å². The number of nitriles is 2. The van der Waals surface area contributed by atoms with Gasteiger partial charge in [-0.05, 0) is 71.8 Å². The summed E-state index contributed by atoms with van der Waals surface area (Å²) in [7, 11) is 0. The third-order valence-electron chi connectivity index (χ3n) is 11.4. The average molecular weight is 765 g/mol. The van der Waals surface area contributed by atoms with Crippen LogP contribution < -0.4 is 0 Å². The summed E-state index contributed by atoms with van der Waals surface area (Å²) in [5.74, 6) is 0.507. The fourth-order valence-electron chi connectivity index (χ4n) is 8.69. The molecule has 0 aliphatic heterocycles. The predicted molar refractivity (Wildman–Crippen MR) is 242 cm³/mol. The second kappa shape index (κ2) is 14.1. The highest BCUT2D eigenvalue weighted by molar-refractivity contribution is 6.19. The minimum absolute atomic E-state index is 0.354. The maximum atomic E-state index is 10.7. The van der Waals surface area contributed by atoms with Gasteiger partial charge in [0.1, 0.15) is 11.6 Å². The van der Waals surface area contributed by atoms with Crippen LogP contribution in [-0.2, 0) is 0 Å². The third kappa shape index (κ3) is 5.56. The van der Waals surface area contributed by atoms with Gasteiger partial charge < -0.3 is 9.13 Å². The van der Waals surface area contributed by atoms with E-state index in [1.165, 1.54) is 10.8 Å². The number of rotatable bonds is 6. The van der Waals surface area contributed by atoms with Crippen molar-refractivity contribution in [2.24, 2.45) is 0 Å². The van der Waals surface area contributed by atoms with Crippen LogP contribution >= 0.6 is 0 Å². The number of aromatic nitrogens is 4. The van der Waals surface area contributed by atoms with E-state index in [1.807, 2.05) is 84.9 Å². The second-order valence-electron chi connectivity index (χ2n) is 14.8. The lowest BCUT2D eigenvalue weighted by atomic mass is 9.94. The van der Waals surface area contributed by atoms with Crippen LogP contribution in [0.2, 0.25) is 0 Å². The molecule has 0 N–H and O–H groups in total. The summed E-state index contributed by atoms with van der Waals surface area (Å²) >= 11 is 0. The topological polar surface area (TPSA) is 83.2 Å². The molecule has 6 nitrogen and oxygen atoms in total. The number of nitrogens with zero attached hydrogens (tertiary/aromatic N) is 6. The number of para-hydroxylation sites is 3. The molecule has 6 heteroatoms. The number of benzene rings is 8. The maximum Gasteiger partial charge on any atom is 0.160 e. The van der Waals surface area contributed by atoms with E-state index in [4.69, 9.17) is 9.97 Å². The quantitative estimate of drug-likeness (QED) is 0.169. The fourth-order valence-corrected chi connectivity index (χ4v) is 8.69. The van der Waals surface area contributed by atoms with Gasteiger partial charge in [0.2, 0.25) is 0 Å². The molecule has 0 saturated heterocycles. The van der Waals surface area contributed by atoms with Crippen molar-refractivity contribution in [3.63, 3.8) is 0 Å². The first-order valence-electron chi connectivity index (χ1n) is 19.8. The van der Waals surface area contributed by atoms with Gasteiger partial charge in [-0.2, -0.15) is 10.5 Å². The predicted octanol–water partition coefficient (Wildman–Crippen LogP) is 13.1. The Hall–Kier alpha value is -8.58. The van der Waals surface area contributed by atoms with Crippen molar-refractivity contribution in [2.45, 2.75) is 0 Å². The van der Waals surface area contributed by atoms with E-state index in [0.717, 1.165) is 66.5 Å². The molecular formula is C54H32N6. The van der Waals surface area contributed by atoms with E-state index in [-0.39, 0.29) is 0 Å². The molecular weight excluding hydrogens is 733 g/mol. The van der Waals surface area contributed by atoms with Crippen LogP contribution in [-0.4, -0.2) is 19.1 Å². The molecule has 0 amide bonds. The van der Waals surface area contributed by atoms with Crippen molar-refractivity contribution < 1.29 is 0 Å². The van der Waals surface area contributed by atoms with Crippen LogP contribution in [0.4, 0.5) is 0 Å². The van der Waals surface area contributed by atoms with Gasteiger partial charge in [-0.25, -0.2) is 9.97 Å². The summed E-state index contributed by atoms with van der Waals surface area (Å²) in [6, 6.07) is 70.8. The molecule has 11 rings (SSSR count). The largest absolute Gasteiger partial charge is 0.309 e. The molecule has 0 fully saturated rings. The minimum Gasteiger partial charge on any atom is -0.309 e. The molecule has 0 aliphatic rings. The molecule has 60 heavy (non-hydrogen) atoms.